The van der Waals surface area contributed by atoms with Crippen LogP contribution in [0.5, 0.6) is 5.75 Å². The molecule has 2 rings (SSSR count). The Bertz CT molecular complexity index is 500. The molecule has 15 heavy (non-hydrogen) atoms. The maximum Gasteiger partial charge on any atom is 0.133 e. The summed E-state index contributed by atoms with van der Waals surface area (Å²) in [5, 5.41) is 1.23. The molecule has 1 heterocycles. The van der Waals surface area contributed by atoms with Gasteiger partial charge in [-0.05, 0) is 47.0 Å². The smallest absolute Gasteiger partial charge is 0.133 e. The highest BCUT2D eigenvalue weighted by Crippen LogP contribution is 2.36. The molecule has 1 aromatic carbocycles. The van der Waals surface area contributed by atoms with Crippen LogP contribution < -0.4 is 4.74 Å². The monoisotopic (exact) mass is 267 g/mol. The van der Waals surface area contributed by atoms with Crippen LogP contribution in [0.3, 0.4) is 0 Å². The normalized spacial score (nSPS) is 10.9. The van der Waals surface area contributed by atoms with E-state index < -0.39 is 0 Å². The fraction of sp³-hybridized carbons (Fsp3) is 0.333. The summed E-state index contributed by atoms with van der Waals surface area (Å²) in [7, 11) is 1.69. The number of hydrogen-bond donors (Lipinski definition) is 1. The van der Waals surface area contributed by atoms with Gasteiger partial charge in [0.1, 0.15) is 5.75 Å². The third-order valence-electron chi connectivity index (χ3n) is 2.79. The minimum atomic E-state index is 0.882. The van der Waals surface area contributed by atoms with Gasteiger partial charge in [-0.3, -0.25) is 0 Å². The second-order valence-corrected chi connectivity index (χ2v) is 4.38. The molecule has 0 amide bonds. The molecule has 0 aliphatic carbocycles. The number of halogens is 1. The molecule has 0 bridgehead atoms. The number of fused-ring (bicyclic) bond motifs is 1. The predicted molar refractivity (Wildman–Crippen MR) is 66.7 cm³/mol. The standard InChI is InChI=1S/C12H14BrNO/c1-4-8-7(2)11-9(14-8)5-6-10(15-3)12(11)13/h5-6,14H,4H2,1-3H3. The fourth-order valence-electron chi connectivity index (χ4n) is 1.95. The van der Waals surface area contributed by atoms with E-state index in [4.69, 9.17) is 4.74 Å². The summed E-state index contributed by atoms with van der Waals surface area (Å²) >= 11 is 3.59. The quantitative estimate of drug-likeness (QED) is 0.880. The lowest BCUT2D eigenvalue weighted by Crippen LogP contribution is -1.85. The average molecular weight is 268 g/mol. The number of benzene rings is 1. The van der Waals surface area contributed by atoms with Crippen molar-refractivity contribution in [2.24, 2.45) is 0 Å². The van der Waals surface area contributed by atoms with Gasteiger partial charge in [0.25, 0.3) is 0 Å². The number of ether oxygens (including phenoxy) is 1. The van der Waals surface area contributed by atoms with Crippen LogP contribution in [0.4, 0.5) is 0 Å². The van der Waals surface area contributed by atoms with E-state index in [9.17, 15) is 0 Å². The van der Waals surface area contributed by atoms with Crippen molar-refractivity contribution in [3.63, 3.8) is 0 Å². The Morgan fingerprint density at radius 3 is 2.73 bits per heavy atom. The third kappa shape index (κ3) is 1.55. The van der Waals surface area contributed by atoms with Crippen molar-refractivity contribution in [1.82, 2.24) is 4.98 Å². The summed E-state index contributed by atoms with van der Waals surface area (Å²) in [6, 6.07) is 4.03. The van der Waals surface area contributed by atoms with E-state index in [1.807, 2.05) is 6.07 Å². The predicted octanol–water partition coefficient (Wildman–Crippen LogP) is 3.81. The van der Waals surface area contributed by atoms with Gasteiger partial charge >= 0.3 is 0 Å². The molecule has 0 saturated carbocycles. The lowest BCUT2D eigenvalue weighted by Gasteiger charge is -2.04. The molecule has 0 aliphatic heterocycles. The minimum Gasteiger partial charge on any atom is -0.496 e. The van der Waals surface area contributed by atoms with Crippen LogP contribution in [0.1, 0.15) is 18.2 Å². The van der Waals surface area contributed by atoms with Crippen molar-refractivity contribution in [1.29, 1.82) is 0 Å². The van der Waals surface area contributed by atoms with E-state index in [2.05, 4.69) is 40.8 Å². The molecule has 0 atom stereocenters. The number of rotatable bonds is 2. The first-order chi connectivity index (χ1) is 7.19. The van der Waals surface area contributed by atoms with Crippen molar-refractivity contribution in [2.75, 3.05) is 7.11 Å². The highest BCUT2D eigenvalue weighted by atomic mass is 79.9. The molecule has 0 radical (unpaired) electrons. The van der Waals surface area contributed by atoms with Gasteiger partial charge in [-0.1, -0.05) is 6.92 Å². The topological polar surface area (TPSA) is 25.0 Å². The molecule has 0 aliphatic rings. The number of aryl methyl sites for hydroxylation is 2. The fourth-order valence-corrected chi connectivity index (χ4v) is 2.75. The Morgan fingerprint density at radius 2 is 2.13 bits per heavy atom. The first-order valence-electron chi connectivity index (χ1n) is 5.02. The lowest BCUT2D eigenvalue weighted by molar-refractivity contribution is 0.413. The van der Waals surface area contributed by atoms with Gasteiger partial charge in [0.2, 0.25) is 0 Å². The zero-order chi connectivity index (χ0) is 11.0. The second kappa shape index (κ2) is 3.89. The van der Waals surface area contributed by atoms with Gasteiger partial charge in [0.15, 0.2) is 0 Å². The van der Waals surface area contributed by atoms with E-state index in [0.29, 0.717) is 0 Å². The molecule has 3 heteroatoms. The van der Waals surface area contributed by atoms with Crippen LogP contribution in [0.2, 0.25) is 0 Å². The number of nitrogens with one attached hydrogen (secondary N) is 1. The van der Waals surface area contributed by atoms with Crippen molar-refractivity contribution in [3.8, 4) is 5.75 Å². The molecule has 0 saturated heterocycles. The molecule has 2 aromatic rings. The molecule has 0 fully saturated rings. The van der Waals surface area contributed by atoms with Crippen molar-refractivity contribution >= 4 is 26.8 Å². The van der Waals surface area contributed by atoms with Crippen molar-refractivity contribution < 1.29 is 4.74 Å². The van der Waals surface area contributed by atoms with E-state index in [0.717, 1.165) is 22.2 Å². The Morgan fingerprint density at radius 1 is 1.40 bits per heavy atom. The summed E-state index contributed by atoms with van der Waals surface area (Å²) < 4.78 is 6.33. The van der Waals surface area contributed by atoms with Crippen LogP contribution in [0, 0.1) is 6.92 Å². The van der Waals surface area contributed by atoms with Crippen LogP contribution in [-0.4, -0.2) is 12.1 Å². The number of aromatic nitrogens is 1. The molecule has 80 valence electrons. The number of aromatic amines is 1. The first-order valence-corrected chi connectivity index (χ1v) is 5.82. The largest absolute Gasteiger partial charge is 0.496 e. The van der Waals surface area contributed by atoms with Gasteiger partial charge in [-0.2, -0.15) is 0 Å². The zero-order valence-electron chi connectivity index (χ0n) is 9.15. The highest BCUT2D eigenvalue weighted by Gasteiger charge is 2.12. The first kappa shape index (κ1) is 10.6. The molecule has 2 nitrogen and oxygen atoms in total. The number of H-pyrrole nitrogens is 1. The Hall–Kier alpha value is -0.960. The van der Waals surface area contributed by atoms with Crippen LogP contribution in [0.25, 0.3) is 10.9 Å². The van der Waals surface area contributed by atoms with Gasteiger partial charge in [0, 0.05) is 16.6 Å². The van der Waals surface area contributed by atoms with Gasteiger partial charge < -0.3 is 9.72 Å². The Balaban J connectivity index is 2.79. The van der Waals surface area contributed by atoms with E-state index in [-0.39, 0.29) is 0 Å². The van der Waals surface area contributed by atoms with Crippen molar-refractivity contribution in [2.45, 2.75) is 20.3 Å². The Kier molecular flexibility index (Phi) is 2.74. The number of hydrogen-bond acceptors (Lipinski definition) is 1. The van der Waals surface area contributed by atoms with E-state index >= 15 is 0 Å². The minimum absolute atomic E-state index is 0.882. The Labute approximate surface area is 97.8 Å². The molecule has 0 unspecified atom stereocenters. The van der Waals surface area contributed by atoms with Crippen molar-refractivity contribution in [3.05, 3.63) is 27.9 Å². The summed E-state index contributed by atoms with van der Waals surface area (Å²) in [5.41, 5.74) is 3.76. The summed E-state index contributed by atoms with van der Waals surface area (Å²) in [6.07, 6.45) is 1.02. The lowest BCUT2D eigenvalue weighted by atomic mass is 10.1. The maximum absolute atomic E-state index is 5.29. The average Bonchev–Trinajstić information content (AvgIpc) is 2.57. The summed E-state index contributed by atoms with van der Waals surface area (Å²) in [5.74, 6) is 0.882. The van der Waals surface area contributed by atoms with Crippen LogP contribution in [-0.2, 0) is 6.42 Å². The van der Waals surface area contributed by atoms with Gasteiger partial charge in [0.05, 0.1) is 11.6 Å². The SMILES string of the molecule is CCc1[nH]c2ccc(OC)c(Br)c2c1C. The highest BCUT2D eigenvalue weighted by molar-refractivity contribution is 9.10. The molecule has 1 aromatic heterocycles. The third-order valence-corrected chi connectivity index (χ3v) is 3.58. The molecule has 0 spiro atoms. The van der Waals surface area contributed by atoms with E-state index in [1.165, 1.54) is 16.6 Å². The number of methoxy groups -OCH3 is 1. The van der Waals surface area contributed by atoms with Crippen LogP contribution in [0.15, 0.2) is 16.6 Å². The molecule has 1 N–H and O–H groups in total. The van der Waals surface area contributed by atoms with Gasteiger partial charge in [-0.25, -0.2) is 0 Å². The van der Waals surface area contributed by atoms with E-state index in [1.54, 1.807) is 7.11 Å². The molecular formula is C12H14BrNO. The summed E-state index contributed by atoms with van der Waals surface area (Å²) in [6.45, 7) is 4.30. The second-order valence-electron chi connectivity index (χ2n) is 3.59. The van der Waals surface area contributed by atoms with Crippen LogP contribution >= 0.6 is 15.9 Å². The van der Waals surface area contributed by atoms with Gasteiger partial charge in [-0.15, -0.1) is 0 Å². The summed E-state index contributed by atoms with van der Waals surface area (Å²) in [4.78, 5) is 3.42. The maximum atomic E-state index is 5.29. The zero-order valence-corrected chi connectivity index (χ0v) is 10.7. The molecular weight excluding hydrogens is 254 g/mol.